The second-order valence-corrected chi connectivity index (χ2v) is 7.49. The van der Waals surface area contributed by atoms with Crippen LogP contribution >= 0.6 is 0 Å². The van der Waals surface area contributed by atoms with Crippen molar-refractivity contribution in [3.8, 4) is 0 Å². The number of hydrogen-bond donors (Lipinski definition) is 3. The molecule has 0 spiro atoms. The van der Waals surface area contributed by atoms with Gasteiger partial charge in [-0.1, -0.05) is 5.16 Å². The van der Waals surface area contributed by atoms with Gasteiger partial charge in [0.2, 0.25) is 5.43 Å². The Balaban J connectivity index is 2.01. The largest absolute Gasteiger partial charge is 0.477 e. The quantitative estimate of drug-likeness (QED) is 0.516. The molecule has 1 aromatic heterocycles. The second kappa shape index (κ2) is 6.73. The molecule has 2 fully saturated rings. The predicted octanol–water partition coefficient (Wildman–Crippen LogP) is 1.21. The van der Waals surface area contributed by atoms with Gasteiger partial charge in [0.25, 0.3) is 0 Å². The summed E-state index contributed by atoms with van der Waals surface area (Å²) in [5, 5.41) is 13.2. The standard InChI is InChI=1S/C19H22FN5O4/c1-8-15(22)13-17(25(9-3-4-9)5-10(18(13)26)19(27)28)14(20)16(8)24-6-11(21)12(7-24)23-29-2/h5,9,11H,3-4,6-7,21-22H2,1-2H3,(H,27,28). The number of carboxylic acid groups (broad SMARTS) is 1. The number of benzene rings is 1. The Bertz CT molecular complexity index is 1120. The predicted molar refractivity (Wildman–Crippen MR) is 107 cm³/mol. The Labute approximate surface area is 165 Å². The van der Waals surface area contributed by atoms with E-state index in [1.807, 2.05) is 0 Å². The Kier molecular flexibility index (Phi) is 4.45. The maximum absolute atomic E-state index is 15.8. The number of aromatic carboxylic acids is 1. The number of aromatic nitrogens is 1. The van der Waals surface area contributed by atoms with E-state index in [1.165, 1.54) is 17.9 Å². The van der Waals surface area contributed by atoms with E-state index in [-0.39, 0.29) is 34.9 Å². The van der Waals surface area contributed by atoms with Crippen molar-refractivity contribution in [3.05, 3.63) is 33.4 Å². The van der Waals surface area contributed by atoms with Gasteiger partial charge in [-0.3, -0.25) is 4.79 Å². The number of nitrogens with two attached hydrogens (primary N) is 2. The lowest BCUT2D eigenvalue weighted by Gasteiger charge is -2.24. The van der Waals surface area contributed by atoms with Crippen LogP contribution in [0.25, 0.3) is 10.9 Å². The van der Waals surface area contributed by atoms with E-state index >= 15 is 4.39 Å². The molecule has 1 aliphatic carbocycles. The Morgan fingerprint density at radius 1 is 1.41 bits per heavy atom. The summed E-state index contributed by atoms with van der Waals surface area (Å²) in [7, 11) is 1.41. The van der Waals surface area contributed by atoms with Crippen LogP contribution in [0.1, 0.15) is 34.8 Å². The van der Waals surface area contributed by atoms with Crippen molar-refractivity contribution in [2.45, 2.75) is 31.8 Å². The highest BCUT2D eigenvalue weighted by atomic mass is 19.1. The van der Waals surface area contributed by atoms with Gasteiger partial charge in [0.15, 0.2) is 5.82 Å². The maximum Gasteiger partial charge on any atom is 0.341 e. The lowest BCUT2D eigenvalue weighted by molar-refractivity contribution is 0.0695. The van der Waals surface area contributed by atoms with E-state index in [1.54, 1.807) is 11.8 Å². The fourth-order valence-electron chi connectivity index (χ4n) is 3.97. The average Bonchev–Trinajstić information content (AvgIpc) is 3.44. The van der Waals surface area contributed by atoms with Crippen LogP contribution in [0, 0.1) is 12.7 Å². The molecule has 0 radical (unpaired) electrons. The minimum atomic E-state index is -1.36. The highest BCUT2D eigenvalue weighted by molar-refractivity contribution is 6.03. The zero-order chi connectivity index (χ0) is 21.0. The minimum Gasteiger partial charge on any atom is -0.477 e. The van der Waals surface area contributed by atoms with Gasteiger partial charge in [-0.25, -0.2) is 9.18 Å². The lowest BCUT2D eigenvalue weighted by atomic mass is 10.0. The van der Waals surface area contributed by atoms with E-state index in [0.29, 0.717) is 17.8 Å². The van der Waals surface area contributed by atoms with E-state index < -0.39 is 28.8 Å². The van der Waals surface area contributed by atoms with Crippen LogP contribution in [0.2, 0.25) is 0 Å². The summed E-state index contributed by atoms with van der Waals surface area (Å²) < 4.78 is 17.4. The highest BCUT2D eigenvalue weighted by Crippen LogP contribution is 2.42. The van der Waals surface area contributed by atoms with Gasteiger partial charge in [0, 0.05) is 18.8 Å². The third kappa shape index (κ3) is 2.91. The van der Waals surface area contributed by atoms with Gasteiger partial charge in [0.05, 0.1) is 40.6 Å². The van der Waals surface area contributed by atoms with Crippen molar-refractivity contribution in [2.75, 3.05) is 30.8 Å². The molecule has 29 heavy (non-hydrogen) atoms. The number of oxime groups is 1. The smallest absolute Gasteiger partial charge is 0.341 e. The zero-order valence-corrected chi connectivity index (χ0v) is 16.1. The topological polar surface area (TPSA) is 136 Å². The Morgan fingerprint density at radius 2 is 2.10 bits per heavy atom. The molecular weight excluding hydrogens is 381 g/mol. The molecule has 4 rings (SSSR count). The molecule has 1 unspecified atom stereocenters. The van der Waals surface area contributed by atoms with Crippen LogP contribution in [0.5, 0.6) is 0 Å². The van der Waals surface area contributed by atoms with Gasteiger partial charge >= 0.3 is 5.97 Å². The van der Waals surface area contributed by atoms with Gasteiger partial charge in [-0.15, -0.1) is 0 Å². The van der Waals surface area contributed by atoms with E-state index in [9.17, 15) is 14.7 Å². The van der Waals surface area contributed by atoms with Crippen LogP contribution in [0.4, 0.5) is 15.8 Å². The Morgan fingerprint density at radius 3 is 2.69 bits per heavy atom. The van der Waals surface area contributed by atoms with Gasteiger partial charge in [0.1, 0.15) is 12.7 Å². The van der Waals surface area contributed by atoms with Crippen LogP contribution in [0.3, 0.4) is 0 Å². The number of fused-ring (bicyclic) bond motifs is 1. The third-order valence-electron chi connectivity index (χ3n) is 5.57. The second-order valence-electron chi connectivity index (χ2n) is 7.49. The first-order chi connectivity index (χ1) is 13.8. The fraction of sp³-hybridized carbons (Fsp3) is 0.421. The lowest BCUT2D eigenvalue weighted by Crippen LogP contribution is -2.30. The molecule has 154 valence electrons. The van der Waals surface area contributed by atoms with Crippen molar-refractivity contribution >= 4 is 34.0 Å². The summed E-state index contributed by atoms with van der Waals surface area (Å²) in [4.78, 5) is 30.9. The van der Waals surface area contributed by atoms with Gasteiger partial charge in [-0.05, 0) is 25.3 Å². The first-order valence-electron chi connectivity index (χ1n) is 9.26. The van der Waals surface area contributed by atoms with E-state index in [2.05, 4.69) is 5.16 Å². The normalized spacial score (nSPS) is 20.6. The number of carbonyl (C=O) groups is 1. The van der Waals surface area contributed by atoms with Crippen LogP contribution in [0.15, 0.2) is 16.1 Å². The minimum absolute atomic E-state index is 0.0336. The molecule has 2 heterocycles. The number of rotatable bonds is 4. The number of pyridine rings is 1. The summed E-state index contributed by atoms with van der Waals surface area (Å²) >= 11 is 0. The number of hydrogen-bond acceptors (Lipinski definition) is 7. The van der Waals surface area contributed by atoms with E-state index in [0.717, 1.165) is 12.8 Å². The molecule has 1 aliphatic heterocycles. The number of halogens is 1. The van der Waals surface area contributed by atoms with Crippen LogP contribution in [-0.2, 0) is 4.84 Å². The molecular formula is C19H22FN5O4. The molecule has 1 atom stereocenters. The third-order valence-corrected chi connectivity index (χ3v) is 5.57. The summed E-state index contributed by atoms with van der Waals surface area (Å²) in [6.07, 6.45) is 2.78. The summed E-state index contributed by atoms with van der Waals surface area (Å²) in [6, 6.07) is -0.488. The summed E-state index contributed by atoms with van der Waals surface area (Å²) in [5.41, 5.74) is 12.4. The number of nitrogens with zero attached hydrogens (tertiary/aromatic N) is 3. The molecule has 9 nitrogen and oxygen atoms in total. The number of carboxylic acids is 1. The van der Waals surface area contributed by atoms with Crippen molar-refractivity contribution in [1.29, 1.82) is 0 Å². The van der Waals surface area contributed by atoms with Crippen molar-refractivity contribution in [3.63, 3.8) is 0 Å². The van der Waals surface area contributed by atoms with Crippen molar-refractivity contribution in [1.82, 2.24) is 4.57 Å². The Hall–Kier alpha value is -3.14. The molecule has 1 saturated heterocycles. The van der Waals surface area contributed by atoms with Crippen LogP contribution < -0.4 is 21.8 Å². The zero-order valence-electron chi connectivity index (χ0n) is 16.1. The molecule has 1 saturated carbocycles. The van der Waals surface area contributed by atoms with Gasteiger partial charge < -0.3 is 30.9 Å². The molecule has 1 aromatic carbocycles. The highest BCUT2D eigenvalue weighted by Gasteiger charge is 2.34. The summed E-state index contributed by atoms with van der Waals surface area (Å²) in [6.45, 7) is 2.18. The average molecular weight is 403 g/mol. The van der Waals surface area contributed by atoms with E-state index in [4.69, 9.17) is 16.3 Å². The van der Waals surface area contributed by atoms with Crippen molar-refractivity contribution in [2.24, 2.45) is 10.9 Å². The molecule has 10 heteroatoms. The van der Waals surface area contributed by atoms with Gasteiger partial charge in [-0.2, -0.15) is 0 Å². The number of anilines is 2. The molecule has 0 bridgehead atoms. The maximum atomic E-state index is 15.8. The molecule has 2 aromatic rings. The SMILES string of the molecule is CON=C1CN(c2c(C)c(N)c3c(=O)c(C(=O)O)cn(C4CC4)c3c2F)CC1N. The first kappa shape index (κ1) is 19.2. The first-order valence-corrected chi connectivity index (χ1v) is 9.26. The number of nitrogen functional groups attached to an aromatic ring is 1. The fourth-order valence-corrected chi connectivity index (χ4v) is 3.97. The monoisotopic (exact) mass is 403 g/mol. The van der Waals surface area contributed by atoms with Crippen molar-refractivity contribution < 1.29 is 19.1 Å². The molecule has 2 aliphatic rings. The van der Waals surface area contributed by atoms with Crippen LogP contribution in [-0.4, -0.2) is 47.6 Å². The molecule has 0 amide bonds. The summed E-state index contributed by atoms with van der Waals surface area (Å²) in [5.74, 6) is -1.97. The molecule has 5 N–H and O–H groups in total.